The van der Waals surface area contributed by atoms with Gasteiger partial charge in [0, 0.05) is 29.7 Å². The van der Waals surface area contributed by atoms with Gasteiger partial charge in [0.2, 0.25) is 0 Å². The first kappa shape index (κ1) is 12.8. The predicted molar refractivity (Wildman–Crippen MR) is 75.3 cm³/mol. The van der Waals surface area contributed by atoms with Crippen LogP contribution in [0.4, 0.5) is 0 Å². The number of nitrogens with zero attached hydrogens (tertiary/aromatic N) is 1. The molecule has 5 heteroatoms. The van der Waals surface area contributed by atoms with Crippen molar-refractivity contribution in [3.8, 4) is 0 Å². The molecule has 0 aromatic carbocycles. The second kappa shape index (κ2) is 6.33. The highest BCUT2D eigenvalue weighted by molar-refractivity contribution is 9.11. The number of hydrogen-bond donors (Lipinski definition) is 2. The molecule has 3 nitrogen and oxygen atoms in total. The first-order chi connectivity index (χ1) is 8.29. The Balaban J connectivity index is 2.07. The molecule has 0 aliphatic rings. The number of H-pyrrole nitrogens is 1. The van der Waals surface area contributed by atoms with Crippen LogP contribution in [0.5, 0.6) is 0 Å². The molecule has 2 aromatic rings. The SMILES string of the molecule is CCCNC(Cc1ncc[nH]1)c1ccc(Br)s1. The van der Waals surface area contributed by atoms with E-state index in [-0.39, 0.29) is 0 Å². The lowest BCUT2D eigenvalue weighted by Crippen LogP contribution is -2.23. The standard InChI is InChI=1S/C12H16BrN3S/c1-2-5-14-9(8-12-15-6-7-16-12)10-3-4-11(13)17-10/h3-4,6-7,9,14H,2,5,8H2,1H3,(H,15,16). The monoisotopic (exact) mass is 313 g/mol. The molecule has 0 amide bonds. The topological polar surface area (TPSA) is 40.7 Å². The Morgan fingerprint density at radius 2 is 2.41 bits per heavy atom. The first-order valence-electron chi connectivity index (χ1n) is 5.76. The molecule has 2 N–H and O–H groups in total. The van der Waals surface area contributed by atoms with Gasteiger partial charge < -0.3 is 10.3 Å². The van der Waals surface area contributed by atoms with E-state index in [1.807, 2.05) is 6.20 Å². The van der Waals surface area contributed by atoms with Gasteiger partial charge in [-0.25, -0.2) is 4.98 Å². The number of rotatable bonds is 6. The van der Waals surface area contributed by atoms with Gasteiger partial charge in [-0.2, -0.15) is 0 Å². The minimum Gasteiger partial charge on any atom is -0.349 e. The highest BCUT2D eigenvalue weighted by atomic mass is 79.9. The van der Waals surface area contributed by atoms with Crippen LogP contribution in [0.15, 0.2) is 28.3 Å². The van der Waals surface area contributed by atoms with Crippen LogP contribution in [0.2, 0.25) is 0 Å². The lowest BCUT2D eigenvalue weighted by Gasteiger charge is -2.15. The van der Waals surface area contributed by atoms with Crippen molar-refractivity contribution in [1.82, 2.24) is 15.3 Å². The van der Waals surface area contributed by atoms with E-state index in [0.717, 1.165) is 25.2 Å². The molecule has 0 saturated carbocycles. The number of hydrogen-bond acceptors (Lipinski definition) is 3. The second-order valence-corrected chi connectivity index (χ2v) is 6.38. The summed E-state index contributed by atoms with van der Waals surface area (Å²) in [5, 5.41) is 3.57. The summed E-state index contributed by atoms with van der Waals surface area (Å²) in [4.78, 5) is 8.81. The molecule has 0 aliphatic carbocycles. The molecule has 0 bridgehead atoms. The summed E-state index contributed by atoms with van der Waals surface area (Å²) in [5.41, 5.74) is 0. The fraction of sp³-hybridized carbons (Fsp3) is 0.417. The van der Waals surface area contributed by atoms with E-state index in [2.05, 4.69) is 50.3 Å². The van der Waals surface area contributed by atoms with Gasteiger partial charge in [-0.1, -0.05) is 6.92 Å². The number of imidazole rings is 1. The van der Waals surface area contributed by atoms with Crippen LogP contribution in [0.1, 0.15) is 30.1 Å². The van der Waals surface area contributed by atoms with E-state index >= 15 is 0 Å². The van der Waals surface area contributed by atoms with Gasteiger partial charge in [-0.15, -0.1) is 11.3 Å². The van der Waals surface area contributed by atoms with Crippen molar-refractivity contribution in [3.05, 3.63) is 39.0 Å². The van der Waals surface area contributed by atoms with Gasteiger partial charge >= 0.3 is 0 Å². The Hall–Kier alpha value is -0.650. The number of thiophene rings is 1. The largest absolute Gasteiger partial charge is 0.349 e. The zero-order valence-electron chi connectivity index (χ0n) is 9.74. The van der Waals surface area contributed by atoms with Crippen molar-refractivity contribution in [2.24, 2.45) is 0 Å². The van der Waals surface area contributed by atoms with Crippen molar-refractivity contribution in [2.75, 3.05) is 6.54 Å². The van der Waals surface area contributed by atoms with Crippen LogP contribution in [-0.4, -0.2) is 16.5 Å². The van der Waals surface area contributed by atoms with Gasteiger partial charge in [0.1, 0.15) is 5.82 Å². The fourth-order valence-corrected chi connectivity index (χ4v) is 3.21. The highest BCUT2D eigenvalue weighted by Gasteiger charge is 2.14. The molecule has 1 atom stereocenters. The Morgan fingerprint density at radius 3 is 3.00 bits per heavy atom. The normalized spacial score (nSPS) is 12.8. The molecular formula is C12H16BrN3S. The third-order valence-electron chi connectivity index (χ3n) is 2.53. The minimum absolute atomic E-state index is 0.345. The van der Waals surface area contributed by atoms with Crippen LogP contribution < -0.4 is 5.32 Å². The zero-order valence-corrected chi connectivity index (χ0v) is 12.1. The van der Waals surface area contributed by atoms with Gasteiger partial charge in [0.25, 0.3) is 0 Å². The van der Waals surface area contributed by atoms with E-state index in [1.165, 1.54) is 8.66 Å². The molecule has 92 valence electrons. The summed E-state index contributed by atoms with van der Waals surface area (Å²) >= 11 is 5.29. The van der Waals surface area contributed by atoms with Crippen molar-refractivity contribution < 1.29 is 0 Å². The maximum Gasteiger partial charge on any atom is 0.107 e. The smallest absolute Gasteiger partial charge is 0.107 e. The number of halogens is 1. The van der Waals surface area contributed by atoms with E-state index in [4.69, 9.17) is 0 Å². The Labute approximate surface area is 114 Å². The van der Waals surface area contributed by atoms with E-state index in [1.54, 1.807) is 17.5 Å². The summed E-state index contributed by atoms with van der Waals surface area (Å²) in [6, 6.07) is 4.62. The van der Waals surface area contributed by atoms with Crippen LogP contribution in [0.25, 0.3) is 0 Å². The molecule has 0 saturated heterocycles. The van der Waals surface area contributed by atoms with Crippen molar-refractivity contribution >= 4 is 27.3 Å². The van der Waals surface area contributed by atoms with E-state index in [9.17, 15) is 0 Å². The molecule has 0 radical (unpaired) electrons. The maximum absolute atomic E-state index is 4.29. The first-order valence-corrected chi connectivity index (χ1v) is 7.37. The molecule has 17 heavy (non-hydrogen) atoms. The van der Waals surface area contributed by atoms with Crippen LogP contribution in [0, 0.1) is 0 Å². The van der Waals surface area contributed by atoms with Crippen molar-refractivity contribution in [1.29, 1.82) is 0 Å². The summed E-state index contributed by atoms with van der Waals surface area (Å²) in [6.07, 6.45) is 5.72. The summed E-state index contributed by atoms with van der Waals surface area (Å²) in [5.74, 6) is 1.03. The maximum atomic E-state index is 4.29. The zero-order chi connectivity index (χ0) is 12.1. The molecule has 0 aliphatic heterocycles. The molecular weight excluding hydrogens is 298 g/mol. The third kappa shape index (κ3) is 3.66. The van der Waals surface area contributed by atoms with Gasteiger partial charge in [-0.3, -0.25) is 0 Å². The summed E-state index contributed by atoms with van der Waals surface area (Å²) in [6.45, 7) is 3.21. The lowest BCUT2D eigenvalue weighted by atomic mass is 10.1. The second-order valence-electron chi connectivity index (χ2n) is 3.89. The molecule has 0 spiro atoms. The minimum atomic E-state index is 0.345. The van der Waals surface area contributed by atoms with E-state index < -0.39 is 0 Å². The van der Waals surface area contributed by atoms with Crippen molar-refractivity contribution in [2.45, 2.75) is 25.8 Å². The predicted octanol–water partition coefficient (Wildman–Crippen LogP) is 3.52. The van der Waals surface area contributed by atoms with Crippen LogP contribution >= 0.6 is 27.3 Å². The Kier molecular flexibility index (Phi) is 4.76. The fourth-order valence-electron chi connectivity index (χ4n) is 1.71. The van der Waals surface area contributed by atoms with Crippen molar-refractivity contribution in [3.63, 3.8) is 0 Å². The number of aromatic nitrogens is 2. The van der Waals surface area contributed by atoms with Crippen LogP contribution in [-0.2, 0) is 6.42 Å². The number of aromatic amines is 1. The molecule has 1 unspecified atom stereocenters. The molecule has 2 aromatic heterocycles. The molecule has 0 fully saturated rings. The highest BCUT2D eigenvalue weighted by Crippen LogP contribution is 2.28. The average Bonchev–Trinajstić information content (AvgIpc) is 2.95. The third-order valence-corrected chi connectivity index (χ3v) is 4.27. The van der Waals surface area contributed by atoms with Gasteiger partial charge in [0.15, 0.2) is 0 Å². The van der Waals surface area contributed by atoms with Gasteiger partial charge in [-0.05, 0) is 41.0 Å². The van der Waals surface area contributed by atoms with E-state index in [0.29, 0.717) is 6.04 Å². The Morgan fingerprint density at radius 1 is 1.53 bits per heavy atom. The quantitative estimate of drug-likeness (QED) is 0.856. The van der Waals surface area contributed by atoms with Crippen LogP contribution in [0.3, 0.4) is 0 Å². The van der Waals surface area contributed by atoms with Gasteiger partial charge in [0.05, 0.1) is 3.79 Å². The summed E-state index contributed by atoms with van der Waals surface area (Å²) in [7, 11) is 0. The average molecular weight is 314 g/mol. The number of nitrogens with one attached hydrogen (secondary N) is 2. The molecule has 2 rings (SSSR count). The Bertz CT molecular complexity index is 438. The lowest BCUT2D eigenvalue weighted by molar-refractivity contribution is 0.527. The summed E-state index contributed by atoms with van der Waals surface area (Å²) < 4.78 is 1.18. The molecule has 2 heterocycles.